The molecule has 0 saturated carbocycles. The molecule has 0 bridgehead atoms. The number of amides is 1. The molecule has 1 atom stereocenters. The van der Waals surface area contributed by atoms with E-state index in [1.165, 1.54) is 13.1 Å². The third-order valence-electron chi connectivity index (χ3n) is 5.01. The van der Waals surface area contributed by atoms with Crippen LogP contribution in [0.2, 0.25) is 0 Å². The fourth-order valence-corrected chi connectivity index (χ4v) is 3.30. The summed E-state index contributed by atoms with van der Waals surface area (Å²) >= 11 is 0. The van der Waals surface area contributed by atoms with Gasteiger partial charge in [-0.3, -0.25) is 18.7 Å². The van der Waals surface area contributed by atoms with E-state index in [9.17, 15) is 23.2 Å². The number of nitrogens with one attached hydrogen (secondary N) is 2. The van der Waals surface area contributed by atoms with Crippen molar-refractivity contribution in [2.24, 2.45) is 0 Å². The molecule has 7 nitrogen and oxygen atoms in total. The van der Waals surface area contributed by atoms with Gasteiger partial charge in [-0.1, -0.05) is 36.4 Å². The number of nitrogens with zero attached hydrogens (tertiary/aromatic N) is 2. The Morgan fingerprint density at radius 2 is 1.65 bits per heavy atom. The van der Waals surface area contributed by atoms with Crippen molar-refractivity contribution in [3.63, 3.8) is 0 Å². The standard InChI is InChI=1S/C22H22F2N4O3/c1-25-19(14-7-4-3-5-8-14)13-28-21(30)16(20(29)26-2)12-27(22(28)31)11-15-17(23)9-6-10-18(15)24/h3-10,12,19,25H,11,13H2,1-2H3,(H,26,29). The summed E-state index contributed by atoms with van der Waals surface area (Å²) < 4.78 is 30.2. The van der Waals surface area contributed by atoms with Crippen molar-refractivity contribution in [3.8, 4) is 0 Å². The van der Waals surface area contributed by atoms with Crippen molar-refractivity contribution in [2.45, 2.75) is 19.1 Å². The monoisotopic (exact) mass is 428 g/mol. The second kappa shape index (κ2) is 9.48. The van der Waals surface area contributed by atoms with Crippen molar-refractivity contribution in [3.05, 3.63) is 104 Å². The fraction of sp³-hybridized carbons (Fsp3) is 0.227. The molecule has 2 aromatic carbocycles. The van der Waals surface area contributed by atoms with Crippen LogP contribution >= 0.6 is 0 Å². The van der Waals surface area contributed by atoms with Gasteiger partial charge in [0.25, 0.3) is 11.5 Å². The van der Waals surface area contributed by atoms with E-state index in [2.05, 4.69) is 10.6 Å². The van der Waals surface area contributed by atoms with Gasteiger partial charge in [-0.2, -0.15) is 0 Å². The summed E-state index contributed by atoms with van der Waals surface area (Å²) in [5.74, 6) is -2.37. The molecule has 31 heavy (non-hydrogen) atoms. The molecule has 0 radical (unpaired) electrons. The molecule has 0 aliphatic heterocycles. The van der Waals surface area contributed by atoms with E-state index in [1.807, 2.05) is 30.3 Å². The van der Waals surface area contributed by atoms with Crippen molar-refractivity contribution in [1.82, 2.24) is 19.8 Å². The first kappa shape index (κ1) is 22.1. The van der Waals surface area contributed by atoms with E-state index >= 15 is 0 Å². The zero-order chi connectivity index (χ0) is 22.5. The Bertz CT molecular complexity index is 1190. The first-order valence-electron chi connectivity index (χ1n) is 9.58. The van der Waals surface area contributed by atoms with Crippen LogP contribution in [0.15, 0.2) is 64.3 Å². The van der Waals surface area contributed by atoms with Crippen molar-refractivity contribution < 1.29 is 13.6 Å². The van der Waals surface area contributed by atoms with E-state index in [-0.39, 0.29) is 17.7 Å². The molecule has 0 aliphatic carbocycles. The van der Waals surface area contributed by atoms with E-state index in [0.717, 1.165) is 33.0 Å². The van der Waals surface area contributed by atoms with E-state index in [0.29, 0.717) is 0 Å². The maximum absolute atomic E-state index is 14.1. The average Bonchev–Trinajstić information content (AvgIpc) is 2.78. The van der Waals surface area contributed by atoms with Crippen molar-refractivity contribution >= 4 is 5.91 Å². The molecular formula is C22H22F2N4O3. The maximum Gasteiger partial charge on any atom is 0.331 e. The smallest absolute Gasteiger partial charge is 0.331 e. The van der Waals surface area contributed by atoms with Gasteiger partial charge in [0.05, 0.1) is 19.1 Å². The second-order valence-corrected chi connectivity index (χ2v) is 6.90. The Labute approximate surface area is 177 Å². The van der Waals surface area contributed by atoms with Gasteiger partial charge in [-0.25, -0.2) is 13.6 Å². The quantitative estimate of drug-likeness (QED) is 0.600. The minimum Gasteiger partial charge on any atom is -0.355 e. The van der Waals surface area contributed by atoms with E-state index in [1.54, 1.807) is 7.05 Å². The van der Waals surface area contributed by atoms with Crippen LogP contribution in [0.1, 0.15) is 27.5 Å². The molecule has 1 heterocycles. The zero-order valence-corrected chi connectivity index (χ0v) is 17.1. The Hall–Kier alpha value is -3.59. The lowest BCUT2D eigenvalue weighted by Gasteiger charge is -2.19. The van der Waals surface area contributed by atoms with Crippen LogP contribution in [0, 0.1) is 11.6 Å². The van der Waals surface area contributed by atoms with Crippen LogP contribution in [0.3, 0.4) is 0 Å². The highest BCUT2D eigenvalue weighted by atomic mass is 19.1. The molecule has 0 saturated heterocycles. The van der Waals surface area contributed by atoms with Crippen LogP contribution in [0.5, 0.6) is 0 Å². The van der Waals surface area contributed by atoms with Crippen LogP contribution in [-0.4, -0.2) is 29.1 Å². The Balaban J connectivity index is 2.14. The third kappa shape index (κ3) is 4.61. The summed E-state index contributed by atoms with van der Waals surface area (Å²) in [5, 5.41) is 5.39. The van der Waals surface area contributed by atoms with Gasteiger partial charge in [0.1, 0.15) is 17.2 Å². The maximum atomic E-state index is 14.1. The Morgan fingerprint density at radius 3 is 2.23 bits per heavy atom. The number of halogens is 2. The van der Waals surface area contributed by atoms with Gasteiger partial charge >= 0.3 is 5.69 Å². The first-order chi connectivity index (χ1) is 14.9. The number of aromatic nitrogens is 2. The predicted molar refractivity (Wildman–Crippen MR) is 112 cm³/mol. The molecule has 162 valence electrons. The number of rotatable bonds is 7. The van der Waals surface area contributed by atoms with Crippen LogP contribution in [-0.2, 0) is 13.1 Å². The molecule has 9 heteroatoms. The lowest BCUT2D eigenvalue weighted by atomic mass is 10.1. The largest absolute Gasteiger partial charge is 0.355 e. The molecule has 3 aromatic rings. The van der Waals surface area contributed by atoms with Crippen LogP contribution in [0.4, 0.5) is 8.78 Å². The molecule has 1 aromatic heterocycles. The summed E-state index contributed by atoms with van der Waals surface area (Å²) in [7, 11) is 3.02. The molecule has 3 rings (SSSR count). The minimum absolute atomic E-state index is 0.0806. The van der Waals surface area contributed by atoms with Gasteiger partial charge in [-0.15, -0.1) is 0 Å². The van der Waals surface area contributed by atoms with Crippen LogP contribution < -0.4 is 21.9 Å². The van der Waals surface area contributed by atoms with E-state index in [4.69, 9.17) is 0 Å². The number of likely N-dealkylation sites (N-methyl/N-ethyl adjacent to an activating group) is 1. The third-order valence-corrected chi connectivity index (χ3v) is 5.01. The second-order valence-electron chi connectivity index (χ2n) is 6.90. The first-order valence-corrected chi connectivity index (χ1v) is 9.58. The topological polar surface area (TPSA) is 85.1 Å². The van der Waals surface area contributed by atoms with Gasteiger partial charge in [0, 0.05) is 18.8 Å². The normalized spacial score (nSPS) is 11.9. The molecule has 0 fully saturated rings. The molecule has 1 amide bonds. The lowest BCUT2D eigenvalue weighted by molar-refractivity contribution is 0.0959. The average molecular weight is 428 g/mol. The number of hydrogen-bond acceptors (Lipinski definition) is 4. The molecule has 0 spiro atoms. The zero-order valence-electron chi connectivity index (χ0n) is 17.1. The highest BCUT2D eigenvalue weighted by Gasteiger charge is 2.21. The summed E-state index contributed by atoms with van der Waals surface area (Å²) in [5.41, 5.74) is -1.39. The highest BCUT2D eigenvalue weighted by Crippen LogP contribution is 2.15. The lowest BCUT2D eigenvalue weighted by Crippen LogP contribution is -2.45. The summed E-state index contributed by atoms with van der Waals surface area (Å²) in [4.78, 5) is 38.3. The molecular weight excluding hydrogens is 406 g/mol. The van der Waals surface area contributed by atoms with Gasteiger partial charge in [0.15, 0.2) is 0 Å². The van der Waals surface area contributed by atoms with Crippen molar-refractivity contribution in [1.29, 1.82) is 0 Å². The number of carbonyl (C=O) groups excluding carboxylic acids is 1. The summed E-state index contributed by atoms with van der Waals surface area (Å²) in [6, 6.07) is 12.1. The molecule has 1 unspecified atom stereocenters. The van der Waals surface area contributed by atoms with Gasteiger partial charge in [-0.05, 0) is 24.7 Å². The van der Waals surface area contributed by atoms with Crippen molar-refractivity contribution in [2.75, 3.05) is 14.1 Å². The molecule has 0 aliphatic rings. The fourth-order valence-electron chi connectivity index (χ4n) is 3.30. The predicted octanol–water partition coefficient (Wildman–Crippen LogP) is 1.66. The van der Waals surface area contributed by atoms with E-state index < -0.39 is 41.4 Å². The summed E-state index contributed by atoms with van der Waals surface area (Å²) in [6.45, 7) is -0.556. The molecule has 2 N–H and O–H groups in total. The number of carbonyl (C=O) groups is 1. The SMILES string of the molecule is CNC(=O)c1cn(Cc2c(F)cccc2F)c(=O)n(CC(NC)c2ccccc2)c1=O. The van der Waals surface area contributed by atoms with Gasteiger partial charge in [0.2, 0.25) is 0 Å². The minimum atomic E-state index is -0.830. The number of benzene rings is 2. The van der Waals surface area contributed by atoms with Gasteiger partial charge < -0.3 is 10.6 Å². The summed E-state index contributed by atoms with van der Waals surface area (Å²) in [6.07, 6.45) is 1.03. The van der Waals surface area contributed by atoms with Crippen LogP contribution in [0.25, 0.3) is 0 Å². The highest BCUT2D eigenvalue weighted by molar-refractivity contribution is 5.93. The Kier molecular flexibility index (Phi) is 6.76. The Morgan fingerprint density at radius 1 is 1.00 bits per heavy atom. The number of hydrogen-bond donors (Lipinski definition) is 2.